The largest absolute Gasteiger partial charge is 0.295 e. The third-order valence-electron chi connectivity index (χ3n) is 3.84. The molecule has 2 amide bonds. The fraction of sp³-hybridized carbons (Fsp3) is 0.0556. The zero-order valence-electron chi connectivity index (χ0n) is 13.1. The first-order valence-corrected chi connectivity index (χ1v) is 7.34. The number of anilines is 1. The maximum absolute atomic E-state index is 12.6. The molecule has 7 heteroatoms. The van der Waals surface area contributed by atoms with E-state index in [4.69, 9.17) is 0 Å². The first-order valence-electron chi connectivity index (χ1n) is 7.34. The standard InChI is InChI=1S/C18H12N2O5/c1-11(21)12-2-6-14(7-3-12)19-17(22)10-16(18(19)23)13-4-8-15(9-5-13)20(24)25/h2-10H,1H3. The number of non-ortho nitro benzene ring substituents is 1. The summed E-state index contributed by atoms with van der Waals surface area (Å²) in [6.07, 6.45) is 1.20. The van der Waals surface area contributed by atoms with Crippen LogP contribution in [0.1, 0.15) is 22.8 Å². The Bertz CT molecular complexity index is 927. The van der Waals surface area contributed by atoms with Crippen LogP contribution in [0, 0.1) is 10.1 Å². The Kier molecular flexibility index (Phi) is 3.98. The van der Waals surface area contributed by atoms with E-state index in [9.17, 15) is 24.5 Å². The molecule has 3 rings (SSSR count). The van der Waals surface area contributed by atoms with Crippen molar-refractivity contribution in [1.29, 1.82) is 0 Å². The van der Waals surface area contributed by atoms with Crippen molar-refractivity contribution in [3.63, 3.8) is 0 Å². The van der Waals surface area contributed by atoms with Gasteiger partial charge in [-0.1, -0.05) is 0 Å². The third-order valence-corrected chi connectivity index (χ3v) is 3.84. The number of ketones is 1. The van der Waals surface area contributed by atoms with Gasteiger partial charge in [0.2, 0.25) is 0 Å². The van der Waals surface area contributed by atoms with Crippen molar-refractivity contribution < 1.29 is 19.3 Å². The van der Waals surface area contributed by atoms with E-state index in [-0.39, 0.29) is 17.0 Å². The minimum Gasteiger partial charge on any atom is -0.295 e. The molecule has 0 aromatic heterocycles. The molecule has 25 heavy (non-hydrogen) atoms. The fourth-order valence-corrected chi connectivity index (χ4v) is 2.53. The van der Waals surface area contributed by atoms with Gasteiger partial charge in [-0.15, -0.1) is 0 Å². The number of imide groups is 1. The van der Waals surface area contributed by atoms with Crippen molar-refractivity contribution in [3.05, 3.63) is 75.8 Å². The number of nitro groups is 1. The van der Waals surface area contributed by atoms with E-state index >= 15 is 0 Å². The third kappa shape index (κ3) is 2.94. The minimum absolute atomic E-state index is 0.0993. The van der Waals surface area contributed by atoms with Gasteiger partial charge in [-0.3, -0.25) is 24.5 Å². The van der Waals surface area contributed by atoms with Gasteiger partial charge in [-0.05, 0) is 48.9 Å². The number of nitrogens with zero attached hydrogens (tertiary/aromatic N) is 2. The lowest BCUT2D eigenvalue weighted by Crippen LogP contribution is -2.30. The summed E-state index contributed by atoms with van der Waals surface area (Å²) in [5.74, 6) is -1.14. The minimum atomic E-state index is -0.539. The van der Waals surface area contributed by atoms with E-state index in [0.29, 0.717) is 16.8 Å². The predicted molar refractivity (Wildman–Crippen MR) is 90.0 cm³/mol. The van der Waals surface area contributed by atoms with Crippen molar-refractivity contribution >= 4 is 34.5 Å². The number of Topliss-reactive ketones (excluding diaryl/α,β-unsaturated/α-hetero) is 1. The molecule has 2 aromatic rings. The molecule has 124 valence electrons. The Hall–Kier alpha value is -3.61. The molecule has 1 aliphatic heterocycles. The highest BCUT2D eigenvalue weighted by molar-refractivity contribution is 6.43. The van der Waals surface area contributed by atoms with Crippen LogP contribution in [0.4, 0.5) is 11.4 Å². The lowest BCUT2D eigenvalue weighted by atomic mass is 10.1. The highest BCUT2D eigenvalue weighted by Crippen LogP contribution is 2.29. The van der Waals surface area contributed by atoms with Gasteiger partial charge in [0.25, 0.3) is 17.5 Å². The molecule has 0 fully saturated rings. The second kappa shape index (κ2) is 6.12. The van der Waals surface area contributed by atoms with Crippen LogP contribution in [0.25, 0.3) is 5.57 Å². The molecule has 0 atom stereocenters. The normalized spacial score (nSPS) is 13.8. The number of nitro benzene ring substituents is 1. The van der Waals surface area contributed by atoms with E-state index in [1.807, 2.05) is 0 Å². The van der Waals surface area contributed by atoms with Crippen LogP contribution in [-0.2, 0) is 9.59 Å². The first kappa shape index (κ1) is 16.3. The van der Waals surface area contributed by atoms with Crippen molar-refractivity contribution in [2.75, 3.05) is 4.90 Å². The monoisotopic (exact) mass is 336 g/mol. The highest BCUT2D eigenvalue weighted by Gasteiger charge is 2.33. The van der Waals surface area contributed by atoms with Crippen LogP contribution in [0.15, 0.2) is 54.6 Å². The van der Waals surface area contributed by atoms with E-state index in [0.717, 1.165) is 4.90 Å². The van der Waals surface area contributed by atoms with Gasteiger partial charge in [0, 0.05) is 23.8 Å². The average molecular weight is 336 g/mol. The molecule has 0 bridgehead atoms. The van der Waals surface area contributed by atoms with E-state index in [1.165, 1.54) is 49.4 Å². The van der Waals surface area contributed by atoms with Crippen molar-refractivity contribution in [3.8, 4) is 0 Å². The Morgan fingerprint density at radius 3 is 2.12 bits per heavy atom. The molecule has 7 nitrogen and oxygen atoms in total. The second-order valence-corrected chi connectivity index (χ2v) is 5.44. The zero-order chi connectivity index (χ0) is 18.1. The summed E-state index contributed by atoms with van der Waals surface area (Å²) in [4.78, 5) is 47.3. The molecule has 0 N–H and O–H groups in total. The molecule has 0 radical (unpaired) electrons. The van der Waals surface area contributed by atoms with Crippen LogP contribution < -0.4 is 4.90 Å². The smallest absolute Gasteiger partial charge is 0.269 e. The Morgan fingerprint density at radius 2 is 1.60 bits per heavy atom. The van der Waals surface area contributed by atoms with Gasteiger partial charge in [-0.25, -0.2) is 4.90 Å². The number of amides is 2. The molecule has 0 saturated carbocycles. The summed E-state index contributed by atoms with van der Waals surface area (Å²) >= 11 is 0. The molecule has 0 aliphatic carbocycles. The zero-order valence-corrected chi connectivity index (χ0v) is 13.1. The van der Waals surface area contributed by atoms with E-state index in [2.05, 4.69) is 0 Å². The number of rotatable bonds is 4. The maximum atomic E-state index is 12.6. The van der Waals surface area contributed by atoms with Crippen molar-refractivity contribution in [2.45, 2.75) is 6.92 Å². The SMILES string of the molecule is CC(=O)c1ccc(N2C(=O)C=C(c3ccc([N+](=O)[O-])cc3)C2=O)cc1. The second-order valence-electron chi connectivity index (χ2n) is 5.44. The van der Waals surface area contributed by atoms with Crippen LogP contribution in [-0.4, -0.2) is 22.5 Å². The molecule has 2 aromatic carbocycles. The van der Waals surface area contributed by atoms with Gasteiger partial charge in [0.15, 0.2) is 5.78 Å². The van der Waals surface area contributed by atoms with Crippen LogP contribution in [0.3, 0.4) is 0 Å². The van der Waals surface area contributed by atoms with Crippen LogP contribution in [0.2, 0.25) is 0 Å². The van der Waals surface area contributed by atoms with Crippen molar-refractivity contribution in [2.24, 2.45) is 0 Å². The number of carbonyl (C=O) groups excluding carboxylic acids is 3. The molecule has 0 spiro atoms. The molecular formula is C18H12N2O5. The van der Waals surface area contributed by atoms with E-state index < -0.39 is 16.7 Å². The Labute approximate surface area is 142 Å². The maximum Gasteiger partial charge on any atom is 0.269 e. The van der Waals surface area contributed by atoms with Gasteiger partial charge in [0.05, 0.1) is 16.2 Å². The first-order chi connectivity index (χ1) is 11.9. The van der Waals surface area contributed by atoms with Gasteiger partial charge in [-0.2, -0.15) is 0 Å². The topological polar surface area (TPSA) is 97.6 Å². The Morgan fingerprint density at radius 1 is 1.00 bits per heavy atom. The summed E-state index contributed by atoms with van der Waals surface area (Å²) in [6, 6.07) is 11.5. The predicted octanol–water partition coefficient (Wildman–Crippen LogP) is 2.75. The Balaban J connectivity index is 1.89. The van der Waals surface area contributed by atoms with Crippen LogP contribution >= 0.6 is 0 Å². The number of hydrogen-bond acceptors (Lipinski definition) is 5. The number of benzene rings is 2. The lowest BCUT2D eigenvalue weighted by Gasteiger charge is -2.15. The van der Waals surface area contributed by atoms with E-state index in [1.54, 1.807) is 12.1 Å². The van der Waals surface area contributed by atoms with Crippen molar-refractivity contribution in [1.82, 2.24) is 0 Å². The molecule has 1 heterocycles. The summed E-state index contributed by atoms with van der Waals surface area (Å²) < 4.78 is 0. The lowest BCUT2D eigenvalue weighted by molar-refractivity contribution is -0.384. The molecule has 0 saturated heterocycles. The van der Waals surface area contributed by atoms with Gasteiger partial charge < -0.3 is 0 Å². The highest BCUT2D eigenvalue weighted by atomic mass is 16.6. The number of carbonyl (C=O) groups is 3. The molecule has 1 aliphatic rings. The van der Waals surface area contributed by atoms with Gasteiger partial charge in [0.1, 0.15) is 0 Å². The van der Waals surface area contributed by atoms with Crippen LogP contribution in [0.5, 0.6) is 0 Å². The fourth-order valence-electron chi connectivity index (χ4n) is 2.53. The summed E-state index contributed by atoms with van der Waals surface area (Å²) in [7, 11) is 0. The number of hydrogen-bond donors (Lipinski definition) is 0. The molecular weight excluding hydrogens is 324 g/mol. The average Bonchev–Trinajstić information content (AvgIpc) is 2.89. The van der Waals surface area contributed by atoms with Gasteiger partial charge >= 0.3 is 0 Å². The quantitative estimate of drug-likeness (QED) is 0.370. The molecule has 0 unspecified atom stereocenters. The summed E-state index contributed by atoms with van der Waals surface area (Å²) in [5, 5.41) is 10.7. The summed E-state index contributed by atoms with van der Waals surface area (Å²) in [6.45, 7) is 1.43. The summed E-state index contributed by atoms with van der Waals surface area (Å²) in [5.41, 5.74) is 1.32.